The number of pyridine rings is 1. The predicted molar refractivity (Wildman–Crippen MR) is 181 cm³/mol. The number of hydrogen-bond donors (Lipinski definition) is 3. The first-order chi connectivity index (χ1) is 21.9. The van der Waals surface area contributed by atoms with Gasteiger partial charge in [0, 0.05) is 40.3 Å². The second kappa shape index (κ2) is 14.2. The van der Waals surface area contributed by atoms with Crippen molar-refractivity contribution in [3.8, 4) is 22.8 Å². The van der Waals surface area contributed by atoms with Gasteiger partial charge < -0.3 is 20.1 Å². The largest absolute Gasteiger partial charge is 0.453 e. The molecule has 46 heavy (non-hydrogen) atoms. The molecule has 5 rings (SSSR count). The normalized spacial score (nSPS) is 16.7. The molecule has 1 aliphatic rings. The molecule has 1 amide bonds. The van der Waals surface area contributed by atoms with Crippen LogP contribution in [-0.2, 0) is 14.8 Å². The van der Waals surface area contributed by atoms with Crippen LogP contribution in [-0.4, -0.2) is 47.1 Å². The van der Waals surface area contributed by atoms with E-state index in [1.165, 1.54) is 24.4 Å². The highest BCUT2D eigenvalue weighted by atomic mass is 127. The van der Waals surface area contributed by atoms with Crippen molar-refractivity contribution in [2.75, 3.05) is 10.0 Å². The van der Waals surface area contributed by atoms with Gasteiger partial charge in [0.2, 0.25) is 5.95 Å². The molecule has 0 spiro atoms. The minimum atomic E-state index is -3.92. The minimum absolute atomic E-state index is 0.0395. The fraction of sp³-hybridized carbons (Fsp3) is 0.312. The molecule has 4 aromatic rings. The maximum absolute atomic E-state index is 15.2. The van der Waals surface area contributed by atoms with Crippen LogP contribution in [0.3, 0.4) is 0 Å². The Morgan fingerprint density at radius 2 is 1.72 bits per heavy atom. The van der Waals surface area contributed by atoms with E-state index >= 15 is 4.39 Å². The number of aromatic nitrogens is 3. The van der Waals surface area contributed by atoms with Crippen LogP contribution in [0.1, 0.15) is 46.5 Å². The first-order valence-electron chi connectivity index (χ1n) is 14.6. The van der Waals surface area contributed by atoms with Crippen LogP contribution in [0, 0.1) is 9.39 Å². The summed E-state index contributed by atoms with van der Waals surface area (Å²) in [5, 5.41) is 6.32. The van der Waals surface area contributed by atoms with E-state index in [4.69, 9.17) is 9.47 Å². The zero-order valence-electron chi connectivity index (χ0n) is 25.5. The molecule has 0 unspecified atom stereocenters. The lowest BCUT2D eigenvalue weighted by Gasteiger charge is -2.30. The third-order valence-electron chi connectivity index (χ3n) is 7.02. The van der Waals surface area contributed by atoms with E-state index in [2.05, 4.69) is 30.3 Å². The minimum Gasteiger partial charge on any atom is -0.453 e. The van der Waals surface area contributed by atoms with Crippen molar-refractivity contribution in [2.24, 2.45) is 0 Å². The SMILES string of the molecule is CC(C)(C)OC(=O)NC1CCC(Nc2nccc(-c3cnccc3Oc3ccc(NS(=O)(=O)c4ccccc4I)cc3F)n2)CC1. The molecule has 0 atom stereocenters. The standard InChI is InChI=1S/C32H34FIN6O5S/c1-32(2,3)45-31(41)38-21-10-8-20(9-11-21)37-30-36-17-14-26(39-30)23-19-35-16-15-27(23)44-28-13-12-22(18-24(28)33)40-46(42,43)29-7-5-4-6-25(29)34/h4-7,12-21,40H,8-11H2,1-3H3,(H,38,41)(H,36,37,39). The average Bonchev–Trinajstić information content (AvgIpc) is 2.99. The number of sulfonamides is 1. The predicted octanol–water partition coefficient (Wildman–Crippen LogP) is 7.12. The molecule has 242 valence electrons. The van der Waals surface area contributed by atoms with E-state index in [0.717, 1.165) is 31.7 Å². The first kappa shape index (κ1) is 33.3. The molecule has 0 aliphatic heterocycles. The fourth-order valence-electron chi connectivity index (χ4n) is 4.92. The van der Waals surface area contributed by atoms with Gasteiger partial charge in [-0.25, -0.2) is 27.6 Å². The van der Waals surface area contributed by atoms with Crippen LogP contribution >= 0.6 is 22.6 Å². The lowest BCUT2D eigenvalue weighted by Crippen LogP contribution is -2.42. The Morgan fingerprint density at radius 1 is 0.978 bits per heavy atom. The summed E-state index contributed by atoms with van der Waals surface area (Å²) in [6, 6.07) is 13.8. The Hall–Kier alpha value is -4.05. The molecule has 11 nitrogen and oxygen atoms in total. The summed E-state index contributed by atoms with van der Waals surface area (Å²) in [7, 11) is -3.92. The number of carbonyl (C=O) groups excluding carboxylic acids is 1. The molecule has 3 N–H and O–H groups in total. The maximum Gasteiger partial charge on any atom is 0.407 e. The van der Waals surface area contributed by atoms with E-state index < -0.39 is 27.5 Å². The van der Waals surface area contributed by atoms with Crippen LogP contribution in [0.2, 0.25) is 0 Å². The molecule has 0 saturated heterocycles. The van der Waals surface area contributed by atoms with Gasteiger partial charge in [-0.2, -0.15) is 0 Å². The van der Waals surface area contributed by atoms with Gasteiger partial charge in [0.1, 0.15) is 16.2 Å². The van der Waals surface area contributed by atoms with Crippen molar-refractivity contribution in [3.63, 3.8) is 0 Å². The molecule has 2 aromatic carbocycles. The van der Waals surface area contributed by atoms with E-state index in [0.29, 0.717) is 26.5 Å². The highest BCUT2D eigenvalue weighted by Gasteiger charge is 2.25. The van der Waals surface area contributed by atoms with Crippen LogP contribution in [0.25, 0.3) is 11.3 Å². The number of ether oxygens (including phenoxy) is 2. The van der Waals surface area contributed by atoms with Crippen molar-refractivity contribution in [1.82, 2.24) is 20.3 Å². The molecule has 14 heteroatoms. The Bertz CT molecular complexity index is 1810. The third kappa shape index (κ3) is 8.81. The second-order valence-corrected chi connectivity index (χ2v) is 14.6. The van der Waals surface area contributed by atoms with Crippen LogP contribution < -0.4 is 20.1 Å². The lowest BCUT2D eigenvalue weighted by atomic mass is 9.91. The summed E-state index contributed by atoms with van der Waals surface area (Å²) >= 11 is 1.94. The molecule has 0 radical (unpaired) electrons. The zero-order chi connectivity index (χ0) is 32.9. The van der Waals surface area contributed by atoms with Gasteiger partial charge >= 0.3 is 6.09 Å². The number of rotatable bonds is 9. The quantitative estimate of drug-likeness (QED) is 0.152. The third-order valence-corrected chi connectivity index (χ3v) is 9.77. The van der Waals surface area contributed by atoms with Crippen LogP contribution in [0.5, 0.6) is 11.5 Å². The van der Waals surface area contributed by atoms with Crippen molar-refractivity contribution < 1.29 is 27.1 Å². The number of amides is 1. The van der Waals surface area contributed by atoms with Gasteiger partial charge in [-0.3, -0.25) is 9.71 Å². The van der Waals surface area contributed by atoms with E-state index in [-0.39, 0.29) is 28.4 Å². The topological polar surface area (TPSA) is 144 Å². The summed E-state index contributed by atoms with van der Waals surface area (Å²) in [5.41, 5.74) is 0.540. The van der Waals surface area contributed by atoms with Gasteiger partial charge in [-0.1, -0.05) is 12.1 Å². The Labute approximate surface area is 280 Å². The van der Waals surface area contributed by atoms with Crippen molar-refractivity contribution >= 4 is 50.3 Å². The zero-order valence-corrected chi connectivity index (χ0v) is 28.4. The smallest absolute Gasteiger partial charge is 0.407 e. The van der Waals surface area contributed by atoms with Gasteiger partial charge in [0.25, 0.3) is 10.0 Å². The molecule has 1 fully saturated rings. The molecule has 2 aromatic heterocycles. The van der Waals surface area contributed by atoms with E-state index in [1.54, 1.807) is 42.7 Å². The maximum atomic E-state index is 15.2. The number of carbonyl (C=O) groups is 1. The molecular weight excluding hydrogens is 726 g/mol. The summed E-state index contributed by atoms with van der Waals surface area (Å²) in [4.78, 5) is 25.5. The van der Waals surface area contributed by atoms with Crippen molar-refractivity contribution in [2.45, 2.75) is 69.0 Å². The number of nitrogens with one attached hydrogen (secondary N) is 3. The Morgan fingerprint density at radius 3 is 2.43 bits per heavy atom. The van der Waals surface area contributed by atoms with Crippen molar-refractivity contribution in [3.05, 3.63) is 82.6 Å². The molecule has 0 bridgehead atoms. The monoisotopic (exact) mass is 760 g/mol. The number of nitrogens with zero attached hydrogens (tertiary/aromatic N) is 3. The molecule has 2 heterocycles. The van der Waals surface area contributed by atoms with Gasteiger partial charge in [-0.05, 0) is 105 Å². The van der Waals surface area contributed by atoms with Gasteiger partial charge in [-0.15, -0.1) is 0 Å². The molecule has 1 saturated carbocycles. The number of hydrogen-bond acceptors (Lipinski definition) is 9. The first-order valence-corrected chi connectivity index (χ1v) is 17.2. The van der Waals surface area contributed by atoms with E-state index in [9.17, 15) is 13.2 Å². The average molecular weight is 761 g/mol. The van der Waals surface area contributed by atoms with E-state index in [1.807, 2.05) is 43.4 Å². The second-order valence-electron chi connectivity index (χ2n) is 11.8. The lowest BCUT2D eigenvalue weighted by molar-refractivity contribution is 0.0492. The number of anilines is 2. The summed E-state index contributed by atoms with van der Waals surface area (Å²) in [6.07, 6.45) is 7.49. The highest BCUT2D eigenvalue weighted by Crippen LogP contribution is 2.34. The number of benzene rings is 2. The Kier molecular flexibility index (Phi) is 10.3. The number of alkyl carbamates (subject to hydrolysis) is 1. The van der Waals surface area contributed by atoms with Crippen LogP contribution in [0.4, 0.5) is 20.8 Å². The Balaban J connectivity index is 1.24. The summed E-state index contributed by atoms with van der Waals surface area (Å²) in [5.74, 6) is -0.132. The summed E-state index contributed by atoms with van der Waals surface area (Å²) < 4.78 is 55.1. The van der Waals surface area contributed by atoms with Crippen LogP contribution in [0.15, 0.2) is 78.1 Å². The van der Waals surface area contributed by atoms with Crippen molar-refractivity contribution in [1.29, 1.82) is 0 Å². The molecular formula is C32H34FIN6O5S. The number of halogens is 2. The summed E-state index contributed by atoms with van der Waals surface area (Å²) in [6.45, 7) is 5.50. The fourth-order valence-corrected chi connectivity index (χ4v) is 7.31. The highest BCUT2D eigenvalue weighted by molar-refractivity contribution is 14.1. The molecule has 1 aliphatic carbocycles. The van der Waals surface area contributed by atoms with Gasteiger partial charge in [0.15, 0.2) is 11.6 Å². The van der Waals surface area contributed by atoms with Gasteiger partial charge in [0.05, 0.1) is 16.9 Å².